The Morgan fingerprint density at radius 1 is 1.02 bits per heavy atom. The number of fused-ring (bicyclic) bond motifs is 2. The van der Waals surface area contributed by atoms with Crippen LogP contribution in [0.1, 0.15) is 92.4 Å². The molecule has 0 saturated heterocycles. The third kappa shape index (κ3) is 5.79. The lowest BCUT2D eigenvalue weighted by atomic mass is 9.60. The van der Waals surface area contributed by atoms with Gasteiger partial charge in [0.2, 0.25) is 0 Å². The quantitative estimate of drug-likeness (QED) is 0.199. The van der Waals surface area contributed by atoms with E-state index < -0.39 is 35.5 Å². The zero-order valence-corrected chi connectivity index (χ0v) is 24.9. The van der Waals surface area contributed by atoms with Crippen LogP contribution in [0.4, 0.5) is 0 Å². The first-order chi connectivity index (χ1) is 21.2. The van der Waals surface area contributed by atoms with Gasteiger partial charge in [-0.1, -0.05) is 48.6 Å². The lowest BCUT2D eigenvalue weighted by Crippen LogP contribution is -2.57. The molecule has 8 heteroatoms. The first-order valence-corrected chi connectivity index (χ1v) is 15.6. The summed E-state index contributed by atoms with van der Waals surface area (Å²) in [7, 11) is 0. The van der Waals surface area contributed by atoms with Crippen molar-refractivity contribution < 1.29 is 39.2 Å². The molecule has 0 radical (unpaired) electrons. The van der Waals surface area contributed by atoms with Crippen LogP contribution in [0.15, 0.2) is 48.0 Å². The number of aliphatic hydroxyl groups excluding tert-OH is 1. The molecule has 2 heterocycles. The van der Waals surface area contributed by atoms with Crippen LogP contribution in [0.2, 0.25) is 0 Å². The van der Waals surface area contributed by atoms with E-state index in [1.165, 1.54) is 6.07 Å². The maximum Gasteiger partial charge on any atom is 0.334 e. The predicted octanol–water partition coefficient (Wildman–Crippen LogP) is 4.77. The summed E-state index contributed by atoms with van der Waals surface area (Å²) >= 11 is 0. The van der Waals surface area contributed by atoms with Crippen molar-refractivity contribution in [2.75, 3.05) is 0 Å². The number of phenolic OH excluding ortho intramolecular Hbond substituents is 1. The Morgan fingerprint density at radius 2 is 1.84 bits per heavy atom. The van der Waals surface area contributed by atoms with Crippen molar-refractivity contribution in [3.63, 3.8) is 0 Å². The molecule has 2 aliphatic carbocycles. The number of rotatable bonds is 3. The van der Waals surface area contributed by atoms with Crippen LogP contribution in [-0.2, 0) is 32.1 Å². The van der Waals surface area contributed by atoms with Gasteiger partial charge in [0, 0.05) is 42.4 Å². The molecule has 230 valence electrons. The molecule has 2 aliphatic heterocycles. The van der Waals surface area contributed by atoms with Crippen LogP contribution in [0.3, 0.4) is 0 Å². The molecule has 0 amide bonds. The van der Waals surface area contributed by atoms with E-state index in [0.717, 1.165) is 12.0 Å². The van der Waals surface area contributed by atoms with Gasteiger partial charge in [-0.25, -0.2) is 4.79 Å². The fourth-order valence-electron chi connectivity index (χ4n) is 7.64. The Labute approximate surface area is 257 Å². The minimum atomic E-state index is -1.39. The number of phenols is 1. The highest BCUT2D eigenvalue weighted by molar-refractivity contribution is 5.89. The van der Waals surface area contributed by atoms with Gasteiger partial charge in [0.25, 0.3) is 0 Å². The summed E-state index contributed by atoms with van der Waals surface area (Å²) in [5.41, 5.74) is 1.63. The van der Waals surface area contributed by atoms with Crippen molar-refractivity contribution in [2.24, 2.45) is 11.8 Å². The maximum absolute atomic E-state index is 13.9. The fraction of sp³-hybridized carbons (Fsp3) is 0.472. The lowest BCUT2D eigenvalue weighted by Gasteiger charge is -2.50. The van der Waals surface area contributed by atoms with E-state index in [4.69, 9.17) is 9.47 Å². The average molecular weight is 599 g/mol. The predicted molar refractivity (Wildman–Crippen MR) is 161 cm³/mol. The van der Waals surface area contributed by atoms with Gasteiger partial charge in [-0.15, -0.1) is 0 Å². The molecule has 2 aromatic carbocycles. The summed E-state index contributed by atoms with van der Waals surface area (Å²) < 4.78 is 11.7. The second kappa shape index (κ2) is 12.2. The van der Waals surface area contributed by atoms with Gasteiger partial charge in [0.1, 0.15) is 29.0 Å². The number of ether oxygens (including phenoxy) is 2. The van der Waals surface area contributed by atoms with Gasteiger partial charge in [0.15, 0.2) is 0 Å². The van der Waals surface area contributed by atoms with Crippen molar-refractivity contribution in [2.45, 2.75) is 94.9 Å². The summed E-state index contributed by atoms with van der Waals surface area (Å²) in [6.07, 6.45) is 4.27. The van der Waals surface area contributed by atoms with E-state index in [1.54, 1.807) is 19.1 Å². The number of carbonyl (C=O) groups is 3. The van der Waals surface area contributed by atoms with Crippen LogP contribution < -0.4 is 4.74 Å². The van der Waals surface area contributed by atoms with Gasteiger partial charge in [-0.05, 0) is 67.2 Å². The molecule has 4 aliphatic rings. The number of benzene rings is 2. The van der Waals surface area contributed by atoms with E-state index in [1.807, 2.05) is 24.3 Å². The Hall–Kier alpha value is -3.93. The van der Waals surface area contributed by atoms with Gasteiger partial charge >= 0.3 is 11.9 Å². The molecule has 6 atom stereocenters. The van der Waals surface area contributed by atoms with E-state index in [2.05, 4.69) is 11.8 Å². The number of Topliss-reactive ketones (excluding diaryl/α,β-unsaturated/α-hetero) is 1. The number of allylic oxidation sites excluding steroid dienone is 1. The highest BCUT2D eigenvalue weighted by Gasteiger charge is 2.52. The molecule has 0 spiro atoms. The fourth-order valence-corrected chi connectivity index (χ4v) is 7.64. The highest BCUT2D eigenvalue weighted by atomic mass is 16.6. The highest BCUT2D eigenvalue weighted by Crippen LogP contribution is 2.49. The lowest BCUT2D eigenvalue weighted by molar-refractivity contribution is -0.187. The number of hydrogen-bond donors (Lipinski definition) is 3. The van der Waals surface area contributed by atoms with E-state index in [9.17, 15) is 29.7 Å². The molecular formula is C36H38O8. The summed E-state index contributed by atoms with van der Waals surface area (Å²) in [5, 5.41) is 33.3. The van der Waals surface area contributed by atoms with Gasteiger partial charge < -0.3 is 24.8 Å². The largest absolute Gasteiger partial charge is 0.508 e. The smallest absolute Gasteiger partial charge is 0.334 e. The van der Waals surface area contributed by atoms with E-state index in [0.29, 0.717) is 54.4 Å². The maximum atomic E-state index is 13.9. The summed E-state index contributed by atoms with van der Waals surface area (Å²) in [5.74, 6) is 4.70. The summed E-state index contributed by atoms with van der Waals surface area (Å²) in [6.45, 7) is 1.61. The number of carbonyl (C=O) groups excluding carboxylic acids is 3. The van der Waals surface area contributed by atoms with E-state index >= 15 is 0 Å². The van der Waals surface area contributed by atoms with Gasteiger partial charge in [-0.2, -0.15) is 0 Å². The molecule has 2 bridgehead atoms. The van der Waals surface area contributed by atoms with E-state index in [-0.39, 0.29) is 55.0 Å². The third-order valence-corrected chi connectivity index (χ3v) is 9.98. The molecule has 6 unspecified atom stereocenters. The molecule has 44 heavy (non-hydrogen) atoms. The standard InChI is InChI=1S/C36H38O8/c1-2-22-14-24(23-6-3-5-21(13-23)20-37)8-9-25-18-34(40)43-32-19-31(39)27(16-29(25)32)17-33(44-35(22)41)36(42)12-4-7-26-15-28(38)10-11-30(26)36/h2-3,5-6,13,16,19,24-26,30,33,37,39,42H,4,7,10-12,14-15,17-18,20H2,1H3. The Balaban J connectivity index is 1.47. The SMILES string of the molecule is CC=C1CC(c2cccc(CO)c2)C#CC2CC(=O)Oc3cc(O)c(cc32)CC(C2(O)CCCC3CC(=O)CCC32)OC1=O. The van der Waals surface area contributed by atoms with Crippen LogP contribution in [-0.4, -0.2) is 44.7 Å². The van der Waals surface area contributed by atoms with Crippen LogP contribution in [0.25, 0.3) is 0 Å². The number of hydrogen-bond acceptors (Lipinski definition) is 8. The Morgan fingerprint density at radius 3 is 2.64 bits per heavy atom. The Kier molecular flexibility index (Phi) is 8.36. The molecular weight excluding hydrogens is 560 g/mol. The average Bonchev–Trinajstić information content (AvgIpc) is 3.01. The molecule has 2 aromatic rings. The number of aliphatic hydroxyl groups is 2. The topological polar surface area (TPSA) is 130 Å². The molecule has 2 saturated carbocycles. The second-order valence-corrected chi connectivity index (χ2v) is 12.6. The van der Waals surface area contributed by atoms with Crippen LogP contribution in [0.5, 0.6) is 11.5 Å². The molecule has 2 fully saturated rings. The van der Waals surface area contributed by atoms with Crippen molar-refractivity contribution in [1.82, 2.24) is 0 Å². The normalized spacial score (nSPS) is 31.3. The van der Waals surface area contributed by atoms with Crippen LogP contribution in [0, 0.1) is 23.7 Å². The van der Waals surface area contributed by atoms with Crippen LogP contribution >= 0.6 is 0 Å². The summed E-state index contributed by atoms with van der Waals surface area (Å²) in [4.78, 5) is 38.8. The number of cyclic esters (lactones) is 1. The second-order valence-electron chi connectivity index (χ2n) is 12.6. The molecule has 8 nitrogen and oxygen atoms in total. The van der Waals surface area contributed by atoms with Crippen molar-refractivity contribution in [3.8, 4) is 23.3 Å². The third-order valence-electron chi connectivity index (χ3n) is 9.98. The van der Waals surface area contributed by atoms with Crippen molar-refractivity contribution >= 4 is 17.7 Å². The zero-order valence-electron chi connectivity index (χ0n) is 24.9. The van der Waals surface area contributed by atoms with Crippen molar-refractivity contribution in [3.05, 3.63) is 70.3 Å². The van der Waals surface area contributed by atoms with Gasteiger partial charge in [0.05, 0.1) is 18.9 Å². The Bertz CT molecular complexity index is 1580. The molecule has 3 N–H and O–H groups in total. The minimum absolute atomic E-state index is 0.0111. The number of aromatic hydroxyl groups is 1. The van der Waals surface area contributed by atoms with Crippen molar-refractivity contribution in [1.29, 1.82) is 0 Å². The summed E-state index contributed by atoms with van der Waals surface area (Å²) in [6, 6.07) is 10.5. The number of ketones is 1. The minimum Gasteiger partial charge on any atom is -0.508 e. The van der Waals surface area contributed by atoms with Gasteiger partial charge in [-0.3, -0.25) is 9.59 Å². The molecule has 0 aromatic heterocycles. The first kappa shape index (κ1) is 30.1. The molecule has 6 rings (SSSR count). The monoisotopic (exact) mass is 598 g/mol. The number of esters is 2. The zero-order chi connectivity index (χ0) is 31.0. The first-order valence-electron chi connectivity index (χ1n) is 15.6.